The van der Waals surface area contributed by atoms with E-state index in [1.807, 2.05) is 16.0 Å². The summed E-state index contributed by atoms with van der Waals surface area (Å²) in [6, 6.07) is 2.86. The standard InChI is InChI=1S/C21H29N7OS/c1-3-18-10-19-20(30-18)4-9-29-21(19)5-6-26(16(2)11-21)12-17-13-27(25-24-17)7-8-28-15-22-14-23-28/h10,13-16H,3-9,11-12H2,1-2H3/t16-,21+/m0/s1. The van der Waals surface area contributed by atoms with Gasteiger partial charge in [0.25, 0.3) is 0 Å². The number of fused-ring (bicyclic) bond motifs is 2. The normalized spacial score (nSPS) is 24.4. The molecule has 8 nitrogen and oxygen atoms in total. The summed E-state index contributed by atoms with van der Waals surface area (Å²) in [5, 5.41) is 12.8. The number of piperidine rings is 1. The van der Waals surface area contributed by atoms with E-state index >= 15 is 0 Å². The van der Waals surface area contributed by atoms with Crippen LogP contribution in [0.25, 0.3) is 0 Å². The van der Waals surface area contributed by atoms with Crippen LogP contribution < -0.4 is 0 Å². The highest BCUT2D eigenvalue weighted by Crippen LogP contribution is 2.46. The van der Waals surface area contributed by atoms with Crippen molar-refractivity contribution in [3.63, 3.8) is 0 Å². The van der Waals surface area contributed by atoms with Gasteiger partial charge in [-0.05, 0) is 37.8 Å². The first-order chi connectivity index (χ1) is 14.6. The second kappa shape index (κ2) is 8.20. The van der Waals surface area contributed by atoms with Gasteiger partial charge in [0.05, 0.1) is 31.0 Å². The van der Waals surface area contributed by atoms with Gasteiger partial charge in [0.2, 0.25) is 0 Å². The van der Waals surface area contributed by atoms with Crippen molar-refractivity contribution in [1.82, 2.24) is 34.7 Å². The zero-order valence-corrected chi connectivity index (χ0v) is 18.5. The summed E-state index contributed by atoms with van der Waals surface area (Å²) >= 11 is 1.99. The molecule has 0 radical (unpaired) electrons. The maximum atomic E-state index is 6.47. The fourth-order valence-corrected chi connectivity index (χ4v) is 5.97. The van der Waals surface area contributed by atoms with E-state index < -0.39 is 0 Å². The fourth-order valence-electron chi connectivity index (χ4n) is 4.79. The van der Waals surface area contributed by atoms with E-state index in [0.717, 1.165) is 64.2 Å². The van der Waals surface area contributed by atoms with E-state index in [2.05, 4.69) is 51.4 Å². The zero-order chi connectivity index (χ0) is 20.6. The number of aromatic nitrogens is 6. The minimum atomic E-state index is -0.0944. The van der Waals surface area contributed by atoms with Crippen molar-refractivity contribution in [1.29, 1.82) is 0 Å². The third-order valence-corrected chi connectivity index (χ3v) is 7.77. The van der Waals surface area contributed by atoms with Gasteiger partial charge in [-0.15, -0.1) is 16.4 Å². The number of ether oxygens (including phenoxy) is 1. The van der Waals surface area contributed by atoms with Crippen LogP contribution in [0.4, 0.5) is 0 Å². The second-order valence-electron chi connectivity index (χ2n) is 8.40. The minimum Gasteiger partial charge on any atom is -0.370 e. The summed E-state index contributed by atoms with van der Waals surface area (Å²) in [7, 11) is 0. The predicted octanol–water partition coefficient (Wildman–Crippen LogP) is 2.65. The second-order valence-corrected chi connectivity index (χ2v) is 9.62. The third kappa shape index (κ3) is 3.81. The summed E-state index contributed by atoms with van der Waals surface area (Å²) in [6.07, 6.45) is 9.59. The Bertz CT molecular complexity index is 982. The van der Waals surface area contributed by atoms with Crippen molar-refractivity contribution < 1.29 is 4.74 Å². The van der Waals surface area contributed by atoms with Crippen molar-refractivity contribution >= 4 is 11.3 Å². The average molecular weight is 428 g/mol. The molecule has 0 N–H and O–H groups in total. The Morgan fingerprint density at radius 2 is 2.20 bits per heavy atom. The molecule has 5 rings (SSSR count). The highest BCUT2D eigenvalue weighted by Gasteiger charge is 2.44. The Balaban J connectivity index is 1.23. The van der Waals surface area contributed by atoms with Crippen molar-refractivity contribution in [2.75, 3.05) is 13.2 Å². The number of hydrogen-bond acceptors (Lipinski definition) is 7. The number of hydrogen-bond donors (Lipinski definition) is 0. The van der Waals surface area contributed by atoms with Crippen molar-refractivity contribution in [2.45, 2.75) is 70.8 Å². The molecule has 1 spiro atoms. The lowest BCUT2D eigenvalue weighted by Gasteiger charge is -2.47. The average Bonchev–Trinajstić information content (AvgIpc) is 3.50. The van der Waals surface area contributed by atoms with Crippen LogP contribution in [0.15, 0.2) is 24.9 Å². The number of likely N-dealkylation sites (tertiary alicyclic amines) is 1. The first-order valence-corrected chi connectivity index (χ1v) is 11.7. The van der Waals surface area contributed by atoms with Gasteiger partial charge in [-0.3, -0.25) is 14.3 Å². The molecule has 1 saturated heterocycles. The van der Waals surface area contributed by atoms with E-state index in [0.29, 0.717) is 6.04 Å². The quantitative estimate of drug-likeness (QED) is 0.602. The first kappa shape index (κ1) is 19.8. The van der Waals surface area contributed by atoms with Crippen LogP contribution in [0.3, 0.4) is 0 Å². The van der Waals surface area contributed by atoms with Crippen molar-refractivity contribution in [2.24, 2.45) is 0 Å². The van der Waals surface area contributed by atoms with Gasteiger partial charge in [0.15, 0.2) is 0 Å². The maximum absolute atomic E-state index is 6.47. The summed E-state index contributed by atoms with van der Waals surface area (Å²) in [5.74, 6) is 0. The molecule has 30 heavy (non-hydrogen) atoms. The van der Waals surface area contributed by atoms with Gasteiger partial charge in [-0.2, -0.15) is 5.10 Å². The molecular formula is C21H29N7OS. The van der Waals surface area contributed by atoms with Crippen LogP contribution in [-0.2, 0) is 42.8 Å². The minimum absolute atomic E-state index is 0.0944. The SMILES string of the molecule is CCc1cc2c(s1)CCO[C@@]21CCN(Cc2cn(CCn3cncn3)nn2)[C@@H](C)C1. The molecule has 3 aromatic heterocycles. The Hall–Kier alpha value is -2.10. The molecule has 0 aromatic carbocycles. The third-order valence-electron chi connectivity index (χ3n) is 6.43. The molecule has 1 fully saturated rings. The molecule has 0 saturated carbocycles. The molecule has 0 unspecified atom stereocenters. The lowest BCUT2D eigenvalue weighted by Crippen LogP contribution is -2.50. The van der Waals surface area contributed by atoms with Gasteiger partial charge in [0, 0.05) is 41.5 Å². The number of aryl methyl sites for hydroxylation is 3. The molecule has 0 amide bonds. The fraction of sp³-hybridized carbons (Fsp3) is 0.619. The number of thiophene rings is 1. The maximum Gasteiger partial charge on any atom is 0.137 e. The van der Waals surface area contributed by atoms with E-state index in [9.17, 15) is 0 Å². The van der Waals surface area contributed by atoms with E-state index in [1.54, 1.807) is 22.2 Å². The first-order valence-electron chi connectivity index (χ1n) is 10.9. The highest BCUT2D eigenvalue weighted by atomic mass is 32.1. The van der Waals surface area contributed by atoms with Gasteiger partial charge >= 0.3 is 0 Å². The van der Waals surface area contributed by atoms with Crippen molar-refractivity contribution in [3.8, 4) is 0 Å². The van der Waals surface area contributed by atoms with Gasteiger partial charge < -0.3 is 4.74 Å². The smallest absolute Gasteiger partial charge is 0.137 e. The van der Waals surface area contributed by atoms with Gasteiger partial charge in [0.1, 0.15) is 12.7 Å². The Labute approximate surface area is 180 Å². The highest BCUT2D eigenvalue weighted by molar-refractivity contribution is 7.12. The monoisotopic (exact) mass is 427 g/mol. The van der Waals surface area contributed by atoms with Crippen LogP contribution in [0.5, 0.6) is 0 Å². The molecule has 0 bridgehead atoms. The van der Waals surface area contributed by atoms with Crippen molar-refractivity contribution in [3.05, 3.63) is 45.9 Å². The largest absolute Gasteiger partial charge is 0.370 e. The Morgan fingerprint density at radius 3 is 3.00 bits per heavy atom. The van der Waals surface area contributed by atoms with Crippen LogP contribution in [0, 0.1) is 0 Å². The lowest BCUT2D eigenvalue weighted by molar-refractivity contribution is -0.112. The van der Waals surface area contributed by atoms with Crippen LogP contribution in [0.2, 0.25) is 0 Å². The van der Waals surface area contributed by atoms with E-state index in [-0.39, 0.29) is 5.60 Å². The van der Waals surface area contributed by atoms with Crippen LogP contribution in [0.1, 0.15) is 47.7 Å². The lowest BCUT2D eigenvalue weighted by atomic mass is 9.79. The number of nitrogens with zero attached hydrogens (tertiary/aromatic N) is 7. The summed E-state index contributed by atoms with van der Waals surface area (Å²) in [4.78, 5) is 9.53. The molecule has 5 heterocycles. The molecule has 0 aliphatic carbocycles. The molecule has 2 atom stereocenters. The summed E-state index contributed by atoms with van der Waals surface area (Å²) in [5.41, 5.74) is 2.40. The summed E-state index contributed by atoms with van der Waals surface area (Å²) in [6.45, 7) is 8.75. The molecule has 2 aliphatic heterocycles. The molecule has 2 aliphatic rings. The Morgan fingerprint density at radius 1 is 1.30 bits per heavy atom. The molecular weight excluding hydrogens is 398 g/mol. The molecule has 160 valence electrons. The summed E-state index contributed by atoms with van der Waals surface area (Å²) < 4.78 is 10.2. The topological polar surface area (TPSA) is 73.9 Å². The molecule has 9 heteroatoms. The number of rotatable bonds is 6. The Kier molecular flexibility index (Phi) is 5.43. The van der Waals surface area contributed by atoms with E-state index in [4.69, 9.17) is 4.74 Å². The van der Waals surface area contributed by atoms with Crippen LogP contribution >= 0.6 is 11.3 Å². The van der Waals surface area contributed by atoms with E-state index in [1.165, 1.54) is 10.4 Å². The van der Waals surface area contributed by atoms with Crippen LogP contribution in [-0.4, -0.2) is 53.9 Å². The van der Waals surface area contributed by atoms with Gasteiger partial charge in [-0.25, -0.2) is 4.98 Å². The molecule has 3 aromatic rings. The zero-order valence-electron chi connectivity index (χ0n) is 17.7. The predicted molar refractivity (Wildman–Crippen MR) is 114 cm³/mol. The van der Waals surface area contributed by atoms with Gasteiger partial charge in [-0.1, -0.05) is 12.1 Å².